The van der Waals surface area contributed by atoms with Crippen LogP contribution in [-0.4, -0.2) is 27.4 Å². The first-order valence-corrected chi connectivity index (χ1v) is 7.76. The Balaban J connectivity index is 2.06. The van der Waals surface area contributed by atoms with E-state index >= 15 is 0 Å². The van der Waals surface area contributed by atoms with E-state index in [1.54, 1.807) is 18.2 Å². The lowest BCUT2D eigenvalue weighted by Crippen LogP contribution is -2.38. The van der Waals surface area contributed by atoms with Gasteiger partial charge in [-0.05, 0) is 12.8 Å². The van der Waals surface area contributed by atoms with Crippen molar-refractivity contribution < 1.29 is 17.4 Å². The molecular weight excluding hydrogens is 278 g/mol. The third-order valence-electron chi connectivity index (χ3n) is 3.27. The van der Waals surface area contributed by atoms with Crippen molar-refractivity contribution in [3.05, 3.63) is 48.0 Å². The van der Waals surface area contributed by atoms with Crippen molar-refractivity contribution in [2.45, 2.75) is 18.9 Å². The predicted molar refractivity (Wildman–Crippen MR) is 75.5 cm³/mol. The van der Waals surface area contributed by atoms with Crippen LogP contribution in [0, 0.1) is 5.92 Å². The van der Waals surface area contributed by atoms with Gasteiger partial charge in [0.1, 0.15) is 0 Å². The molecule has 0 heterocycles. The van der Waals surface area contributed by atoms with Crippen LogP contribution in [0.4, 0.5) is 0 Å². The third kappa shape index (κ3) is 3.75. The molecule has 2 rings (SSSR count). The first kappa shape index (κ1) is 14.9. The molecule has 108 valence electrons. The van der Waals surface area contributed by atoms with Gasteiger partial charge >= 0.3 is 10.3 Å². The SMILES string of the molecule is COS(=O)(=O)N[C@H]1C=CC[C@H](C(=O)c2ccccc2)C1. The second kappa shape index (κ2) is 6.30. The fraction of sp³-hybridized carbons (Fsp3) is 0.357. The van der Waals surface area contributed by atoms with Gasteiger partial charge in [-0.15, -0.1) is 0 Å². The monoisotopic (exact) mass is 295 g/mol. The zero-order valence-corrected chi connectivity index (χ0v) is 12.0. The van der Waals surface area contributed by atoms with Crippen molar-refractivity contribution in [2.75, 3.05) is 7.11 Å². The Bertz CT molecular complexity index is 595. The minimum absolute atomic E-state index is 0.0385. The number of carbonyl (C=O) groups is 1. The van der Waals surface area contributed by atoms with Crippen molar-refractivity contribution >= 4 is 16.1 Å². The molecule has 20 heavy (non-hydrogen) atoms. The largest absolute Gasteiger partial charge is 0.336 e. The first-order valence-electron chi connectivity index (χ1n) is 6.35. The van der Waals surface area contributed by atoms with Gasteiger partial charge in [-0.3, -0.25) is 8.98 Å². The molecule has 5 nitrogen and oxygen atoms in total. The fourth-order valence-corrected chi connectivity index (χ4v) is 2.90. The highest BCUT2D eigenvalue weighted by molar-refractivity contribution is 7.84. The summed E-state index contributed by atoms with van der Waals surface area (Å²) >= 11 is 0. The minimum Gasteiger partial charge on any atom is -0.294 e. The first-order chi connectivity index (χ1) is 9.52. The zero-order valence-electron chi connectivity index (χ0n) is 11.2. The molecule has 1 aromatic carbocycles. The Hall–Kier alpha value is -1.50. The molecule has 2 atom stereocenters. The maximum absolute atomic E-state index is 12.3. The van der Waals surface area contributed by atoms with Crippen LogP contribution in [0.3, 0.4) is 0 Å². The quantitative estimate of drug-likeness (QED) is 0.662. The average molecular weight is 295 g/mol. The smallest absolute Gasteiger partial charge is 0.294 e. The molecule has 0 aliphatic heterocycles. The lowest BCUT2D eigenvalue weighted by Gasteiger charge is -2.24. The Morgan fingerprint density at radius 1 is 1.30 bits per heavy atom. The topological polar surface area (TPSA) is 72.5 Å². The van der Waals surface area contributed by atoms with Gasteiger partial charge in [0.05, 0.1) is 7.11 Å². The number of hydrogen-bond acceptors (Lipinski definition) is 4. The van der Waals surface area contributed by atoms with Crippen LogP contribution >= 0.6 is 0 Å². The van der Waals surface area contributed by atoms with Gasteiger partial charge in [-0.2, -0.15) is 13.1 Å². The van der Waals surface area contributed by atoms with E-state index in [4.69, 9.17) is 0 Å². The van der Waals surface area contributed by atoms with Crippen LogP contribution < -0.4 is 4.72 Å². The summed E-state index contributed by atoms with van der Waals surface area (Å²) in [7, 11) is -2.65. The molecular formula is C14H17NO4S. The van der Waals surface area contributed by atoms with Crippen molar-refractivity contribution in [3.63, 3.8) is 0 Å². The van der Waals surface area contributed by atoms with E-state index in [-0.39, 0.29) is 11.7 Å². The number of ketones is 1. The van der Waals surface area contributed by atoms with Gasteiger partial charge in [0.25, 0.3) is 0 Å². The number of allylic oxidation sites excluding steroid dienone is 1. The Labute approximate surface area is 118 Å². The predicted octanol–water partition coefficient (Wildman–Crippen LogP) is 1.68. The molecule has 1 N–H and O–H groups in total. The molecule has 1 aliphatic rings. The summed E-state index contributed by atoms with van der Waals surface area (Å²) < 4.78 is 29.5. The number of Topliss-reactive ketones (excluding diaryl/α,β-unsaturated/α-hetero) is 1. The van der Waals surface area contributed by atoms with Crippen LogP contribution in [0.2, 0.25) is 0 Å². The molecule has 1 aromatic rings. The molecule has 0 radical (unpaired) electrons. The van der Waals surface area contributed by atoms with Gasteiger partial charge in [-0.25, -0.2) is 0 Å². The van der Waals surface area contributed by atoms with E-state index in [1.165, 1.54) is 0 Å². The number of nitrogens with one attached hydrogen (secondary N) is 1. The lowest BCUT2D eigenvalue weighted by molar-refractivity contribution is 0.0907. The summed E-state index contributed by atoms with van der Waals surface area (Å²) in [5, 5.41) is 0. The second-order valence-electron chi connectivity index (χ2n) is 4.67. The van der Waals surface area contributed by atoms with Crippen molar-refractivity contribution in [1.29, 1.82) is 0 Å². The Morgan fingerprint density at radius 3 is 2.65 bits per heavy atom. The molecule has 0 fully saturated rings. The summed E-state index contributed by atoms with van der Waals surface area (Å²) in [5.41, 5.74) is 0.654. The Kier molecular flexibility index (Phi) is 4.69. The summed E-state index contributed by atoms with van der Waals surface area (Å²) in [6.45, 7) is 0. The Morgan fingerprint density at radius 2 is 2.00 bits per heavy atom. The number of hydrogen-bond donors (Lipinski definition) is 1. The van der Waals surface area contributed by atoms with Crippen molar-refractivity contribution in [2.24, 2.45) is 5.92 Å². The van der Waals surface area contributed by atoms with Gasteiger partial charge in [-0.1, -0.05) is 42.5 Å². The molecule has 0 amide bonds. The third-order valence-corrected chi connectivity index (χ3v) is 4.30. The fourth-order valence-electron chi connectivity index (χ4n) is 2.26. The van der Waals surface area contributed by atoms with Crippen LogP contribution in [-0.2, 0) is 14.5 Å². The van der Waals surface area contributed by atoms with E-state index in [2.05, 4.69) is 8.91 Å². The number of rotatable bonds is 5. The van der Waals surface area contributed by atoms with E-state index in [1.807, 2.05) is 24.3 Å². The molecule has 0 saturated heterocycles. The van der Waals surface area contributed by atoms with Crippen LogP contribution in [0.25, 0.3) is 0 Å². The maximum Gasteiger partial charge on any atom is 0.336 e. The van der Waals surface area contributed by atoms with E-state index in [0.717, 1.165) is 7.11 Å². The summed E-state index contributed by atoms with van der Waals surface area (Å²) in [4.78, 5) is 12.3. The summed E-state index contributed by atoms with van der Waals surface area (Å²) in [5.74, 6) is -0.177. The van der Waals surface area contributed by atoms with Crippen LogP contribution in [0.1, 0.15) is 23.2 Å². The normalized spacial score (nSPS) is 22.6. The zero-order chi connectivity index (χ0) is 14.6. The highest BCUT2D eigenvalue weighted by Gasteiger charge is 2.27. The summed E-state index contributed by atoms with van der Waals surface area (Å²) in [6, 6.07) is 8.62. The van der Waals surface area contributed by atoms with E-state index < -0.39 is 16.3 Å². The lowest BCUT2D eigenvalue weighted by atomic mass is 9.85. The van der Waals surface area contributed by atoms with Crippen molar-refractivity contribution in [1.82, 2.24) is 4.72 Å². The van der Waals surface area contributed by atoms with Gasteiger partial charge in [0, 0.05) is 17.5 Å². The minimum atomic E-state index is -3.75. The number of carbonyl (C=O) groups excluding carboxylic acids is 1. The molecule has 6 heteroatoms. The molecule has 0 spiro atoms. The molecule has 0 unspecified atom stereocenters. The molecule has 0 saturated carbocycles. The van der Waals surface area contributed by atoms with Gasteiger partial charge in [0.15, 0.2) is 5.78 Å². The standard InChI is InChI=1S/C14H17NO4S/c1-19-20(17,18)15-13-9-5-8-12(10-13)14(16)11-6-3-2-4-7-11/h2-7,9,12-13,15H,8,10H2,1H3/t12-,13-/m0/s1. The van der Waals surface area contributed by atoms with Gasteiger partial charge in [0.2, 0.25) is 0 Å². The number of benzene rings is 1. The van der Waals surface area contributed by atoms with Gasteiger partial charge < -0.3 is 0 Å². The molecule has 1 aliphatic carbocycles. The van der Waals surface area contributed by atoms with E-state index in [0.29, 0.717) is 18.4 Å². The van der Waals surface area contributed by atoms with Crippen LogP contribution in [0.15, 0.2) is 42.5 Å². The maximum atomic E-state index is 12.3. The summed E-state index contributed by atoms with van der Waals surface area (Å²) in [6.07, 6.45) is 4.65. The van der Waals surface area contributed by atoms with Crippen molar-refractivity contribution in [3.8, 4) is 0 Å². The molecule has 0 aromatic heterocycles. The highest BCUT2D eigenvalue weighted by Crippen LogP contribution is 2.23. The van der Waals surface area contributed by atoms with Crippen LogP contribution in [0.5, 0.6) is 0 Å². The van der Waals surface area contributed by atoms with E-state index in [9.17, 15) is 13.2 Å². The average Bonchev–Trinajstić information content (AvgIpc) is 2.47. The highest BCUT2D eigenvalue weighted by atomic mass is 32.2. The second-order valence-corrected chi connectivity index (χ2v) is 6.15. The molecule has 0 bridgehead atoms.